The van der Waals surface area contributed by atoms with E-state index in [1.807, 2.05) is 6.07 Å². The van der Waals surface area contributed by atoms with Gasteiger partial charge in [0.05, 0.1) is 24.4 Å². The molecule has 0 atom stereocenters. The predicted molar refractivity (Wildman–Crippen MR) is 69.2 cm³/mol. The summed E-state index contributed by atoms with van der Waals surface area (Å²) >= 11 is 0. The molecule has 0 radical (unpaired) electrons. The van der Waals surface area contributed by atoms with E-state index in [0.29, 0.717) is 18.0 Å². The second-order valence-electron chi connectivity index (χ2n) is 4.64. The van der Waals surface area contributed by atoms with E-state index in [2.05, 4.69) is 20.7 Å². The molecule has 0 aliphatic heterocycles. The summed E-state index contributed by atoms with van der Waals surface area (Å²) in [5.74, 6) is -0.373. The summed E-state index contributed by atoms with van der Waals surface area (Å²) in [6, 6.07) is 6.33. The largest absolute Gasteiger partial charge is 0.465 e. The van der Waals surface area contributed by atoms with Gasteiger partial charge < -0.3 is 4.74 Å². The van der Waals surface area contributed by atoms with Crippen LogP contribution in [0.15, 0.2) is 18.3 Å². The third-order valence-electron chi connectivity index (χ3n) is 3.19. The molecular formula is C14H17N3O2. The summed E-state index contributed by atoms with van der Waals surface area (Å²) in [5.41, 5.74) is 1.37. The molecule has 5 nitrogen and oxygen atoms in total. The smallest absolute Gasteiger partial charge is 0.339 e. The van der Waals surface area contributed by atoms with Gasteiger partial charge in [-0.1, -0.05) is 0 Å². The van der Waals surface area contributed by atoms with Crippen LogP contribution in [0, 0.1) is 11.3 Å². The van der Waals surface area contributed by atoms with E-state index in [1.54, 1.807) is 6.07 Å². The Kier molecular flexibility index (Phi) is 4.48. The van der Waals surface area contributed by atoms with Crippen molar-refractivity contribution in [2.24, 2.45) is 0 Å². The van der Waals surface area contributed by atoms with Crippen molar-refractivity contribution >= 4 is 5.97 Å². The number of nitriles is 1. The standard InChI is InChI=1S/C14H17N3O2/c1-19-14(18)11-3-4-12(16-9-11)10-17(8-2-7-15)13-5-6-13/h3-4,9,13H,2,5-6,8,10H2,1H3. The summed E-state index contributed by atoms with van der Waals surface area (Å²) in [7, 11) is 1.35. The molecule has 5 heteroatoms. The van der Waals surface area contributed by atoms with E-state index in [-0.39, 0.29) is 5.97 Å². The zero-order valence-corrected chi connectivity index (χ0v) is 11.0. The predicted octanol–water partition coefficient (Wildman–Crippen LogP) is 1.75. The molecule has 1 aliphatic carbocycles. The molecule has 19 heavy (non-hydrogen) atoms. The van der Waals surface area contributed by atoms with Crippen LogP contribution in [-0.4, -0.2) is 35.5 Å². The lowest BCUT2D eigenvalue weighted by Gasteiger charge is -2.20. The molecule has 0 aromatic carbocycles. The number of hydrogen-bond donors (Lipinski definition) is 0. The van der Waals surface area contributed by atoms with Crippen LogP contribution in [-0.2, 0) is 11.3 Å². The minimum atomic E-state index is -0.373. The number of hydrogen-bond acceptors (Lipinski definition) is 5. The van der Waals surface area contributed by atoms with Crippen LogP contribution in [0.1, 0.15) is 35.3 Å². The van der Waals surface area contributed by atoms with Gasteiger partial charge in [0.25, 0.3) is 0 Å². The number of pyridine rings is 1. The van der Waals surface area contributed by atoms with Crippen LogP contribution in [0.5, 0.6) is 0 Å². The highest BCUT2D eigenvalue weighted by Gasteiger charge is 2.28. The van der Waals surface area contributed by atoms with Crippen molar-refractivity contribution < 1.29 is 9.53 Å². The molecule has 0 N–H and O–H groups in total. The number of rotatable bonds is 6. The summed E-state index contributed by atoms with van der Waals surface area (Å²) in [6.45, 7) is 1.51. The number of carbonyl (C=O) groups excluding carboxylic acids is 1. The van der Waals surface area contributed by atoms with Gasteiger partial charge in [0, 0.05) is 31.7 Å². The fourth-order valence-electron chi connectivity index (χ4n) is 1.99. The van der Waals surface area contributed by atoms with Gasteiger partial charge in [-0.2, -0.15) is 5.26 Å². The van der Waals surface area contributed by atoms with E-state index < -0.39 is 0 Å². The third-order valence-corrected chi connectivity index (χ3v) is 3.19. The topological polar surface area (TPSA) is 66.2 Å². The molecule has 0 amide bonds. The first-order valence-electron chi connectivity index (χ1n) is 6.39. The molecule has 1 aromatic heterocycles. The number of nitrogens with zero attached hydrogens (tertiary/aromatic N) is 3. The minimum Gasteiger partial charge on any atom is -0.465 e. The van der Waals surface area contributed by atoms with E-state index in [0.717, 1.165) is 18.8 Å². The molecule has 1 aliphatic rings. The Labute approximate surface area is 112 Å². The van der Waals surface area contributed by atoms with E-state index in [1.165, 1.54) is 26.1 Å². The van der Waals surface area contributed by atoms with E-state index in [4.69, 9.17) is 5.26 Å². The van der Waals surface area contributed by atoms with Gasteiger partial charge in [0.15, 0.2) is 0 Å². The first-order chi connectivity index (χ1) is 9.24. The molecular weight excluding hydrogens is 242 g/mol. The van der Waals surface area contributed by atoms with Crippen molar-refractivity contribution in [1.82, 2.24) is 9.88 Å². The van der Waals surface area contributed by atoms with Gasteiger partial charge in [0.1, 0.15) is 0 Å². The fourth-order valence-corrected chi connectivity index (χ4v) is 1.99. The molecule has 1 fully saturated rings. The van der Waals surface area contributed by atoms with E-state index >= 15 is 0 Å². The maximum atomic E-state index is 11.3. The average Bonchev–Trinajstić information content (AvgIpc) is 3.28. The van der Waals surface area contributed by atoms with Crippen molar-refractivity contribution in [2.75, 3.05) is 13.7 Å². The van der Waals surface area contributed by atoms with Gasteiger partial charge in [-0.3, -0.25) is 9.88 Å². The molecule has 1 saturated carbocycles. The number of methoxy groups -OCH3 is 1. The minimum absolute atomic E-state index is 0.373. The average molecular weight is 259 g/mol. The molecule has 1 heterocycles. The first-order valence-corrected chi connectivity index (χ1v) is 6.39. The van der Waals surface area contributed by atoms with Gasteiger partial charge in [-0.25, -0.2) is 4.79 Å². The maximum absolute atomic E-state index is 11.3. The number of aromatic nitrogens is 1. The number of carbonyl (C=O) groups is 1. The zero-order chi connectivity index (χ0) is 13.7. The molecule has 100 valence electrons. The SMILES string of the molecule is COC(=O)c1ccc(CN(CCC#N)C2CC2)nc1. The third kappa shape index (κ3) is 3.76. The Morgan fingerprint density at radius 1 is 1.58 bits per heavy atom. The molecule has 0 bridgehead atoms. The van der Waals surface area contributed by atoms with Crippen LogP contribution in [0.2, 0.25) is 0 Å². The number of esters is 1. The van der Waals surface area contributed by atoms with Crippen LogP contribution >= 0.6 is 0 Å². The Morgan fingerprint density at radius 3 is 2.89 bits per heavy atom. The lowest BCUT2D eigenvalue weighted by molar-refractivity contribution is 0.0600. The molecule has 0 saturated heterocycles. The quantitative estimate of drug-likeness (QED) is 0.728. The van der Waals surface area contributed by atoms with Crippen molar-refractivity contribution in [1.29, 1.82) is 5.26 Å². The lowest BCUT2D eigenvalue weighted by Crippen LogP contribution is -2.27. The normalized spacial score (nSPS) is 14.2. The fraction of sp³-hybridized carbons (Fsp3) is 0.500. The zero-order valence-electron chi connectivity index (χ0n) is 11.0. The van der Waals surface area contributed by atoms with Crippen LogP contribution in [0.25, 0.3) is 0 Å². The summed E-state index contributed by atoms with van der Waals surface area (Å²) in [5, 5.41) is 8.66. The highest BCUT2D eigenvalue weighted by Crippen LogP contribution is 2.28. The van der Waals surface area contributed by atoms with Crippen molar-refractivity contribution in [2.45, 2.75) is 31.8 Å². The highest BCUT2D eigenvalue weighted by atomic mass is 16.5. The summed E-state index contributed by atoms with van der Waals surface area (Å²) in [4.78, 5) is 17.9. The first kappa shape index (κ1) is 13.5. The van der Waals surface area contributed by atoms with Gasteiger partial charge in [0.2, 0.25) is 0 Å². The lowest BCUT2D eigenvalue weighted by atomic mass is 10.2. The highest BCUT2D eigenvalue weighted by molar-refractivity contribution is 5.88. The Balaban J connectivity index is 1.97. The van der Waals surface area contributed by atoms with Crippen molar-refractivity contribution in [3.8, 4) is 6.07 Å². The Morgan fingerprint density at radius 2 is 2.37 bits per heavy atom. The second kappa shape index (κ2) is 6.30. The van der Waals surface area contributed by atoms with Gasteiger partial charge in [-0.05, 0) is 25.0 Å². The van der Waals surface area contributed by atoms with Gasteiger partial charge in [-0.15, -0.1) is 0 Å². The molecule has 1 aromatic rings. The Bertz CT molecular complexity index is 474. The van der Waals surface area contributed by atoms with Crippen molar-refractivity contribution in [3.05, 3.63) is 29.6 Å². The van der Waals surface area contributed by atoms with Gasteiger partial charge >= 0.3 is 5.97 Å². The van der Waals surface area contributed by atoms with Crippen LogP contribution in [0.4, 0.5) is 0 Å². The van der Waals surface area contributed by atoms with Crippen molar-refractivity contribution in [3.63, 3.8) is 0 Å². The van der Waals surface area contributed by atoms with E-state index in [9.17, 15) is 4.79 Å². The monoisotopic (exact) mass is 259 g/mol. The Hall–Kier alpha value is -1.93. The van der Waals surface area contributed by atoms with Crippen LogP contribution < -0.4 is 0 Å². The summed E-state index contributed by atoms with van der Waals surface area (Å²) in [6.07, 6.45) is 4.48. The molecule has 0 unspecified atom stereocenters. The second-order valence-corrected chi connectivity index (χ2v) is 4.64. The van der Waals surface area contributed by atoms with Crippen LogP contribution in [0.3, 0.4) is 0 Å². The number of ether oxygens (including phenoxy) is 1. The molecule has 0 spiro atoms. The maximum Gasteiger partial charge on any atom is 0.339 e. The summed E-state index contributed by atoms with van der Waals surface area (Å²) < 4.78 is 4.63. The molecule has 2 rings (SSSR count).